The highest BCUT2D eigenvalue weighted by Crippen LogP contribution is 2.23. The number of anilines is 1. The molecule has 0 fully saturated rings. The topological polar surface area (TPSA) is 84.0 Å². The average Bonchev–Trinajstić information content (AvgIpc) is 2.79. The predicted octanol–water partition coefficient (Wildman–Crippen LogP) is 1.81. The summed E-state index contributed by atoms with van der Waals surface area (Å²) in [7, 11) is -2.15. The van der Waals surface area contributed by atoms with Crippen LogP contribution in [0.3, 0.4) is 0 Å². The molecule has 0 atom stereocenters. The molecule has 1 heterocycles. The zero-order chi connectivity index (χ0) is 15.6. The predicted molar refractivity (Wildman–Crippen MR) is 79.4 cm³/mol. The van der Waals surface area contributed by atoms with E-state index in [4.69, 9.17) is 0 Å². The lowest BCUT2D eigenvalue weighted by atomic mass is 10.1. The molecule has 6 nitrogen and oxygen atoms in total. The number of nitrogens with zero attached hydrogens (tertiary/aromatic N) is 2. The van der Waals surface area contributed by atoms with Gasteiger partial charge in [-0.3, -0.25) is 4.72 Å². The number of hydrogen-bond donors (Lipinski definition) is 2. The van der Waals surface area contributed by atoms with E-state index in [1.807, 2.05) is 0 Å². The Morgan fingerprint density at radius 2 is 2.00 bits per heavy atom. The molecule has 2 aromatic rings. The quantitative estimate of drug-likeness (QED) is 0.873. The first-order valence-electron chi connectivity index (χ1n) is 6.10. The van der Waals surface area contributed by atoms with Crippen molar-refractivity contribution in [2.24, 2.45) is 0 Å². The first-order chi connectivity index (χ1) is 9.83. The highest BCUT2D eigenvalue weighted by Gasteiger charge is 2.19. The summed E-state index contributed by atoms with van der Waals surface area (Å²) in [6, 6.07) is 2.61. The van der Waals surface area contributed by atoms with Crippen molar-refractivity contribution in [1.82, 2.24) is 15.5 Å². The molecule has 0 aliphatic rings. The molecule has 2 rings (SSSR count). The number of sulfonamides is 1. The fourth-order valence-electron chi connectivity index (χ4n) is 1.79. The summed E-state index contributed by atoms with van der Waals surface area (Å²) in [5, 5.41) is 11.1. The zero-order valence-corrected chi connectivity index (χ0v) is 13.4. The van der Waals surface area contributed by atoms with Crippen LogP contribution in [0.15, 0.2) is 17.0 Å². The van der Waals surface area contributed by atoms with Crippen LogP contribution in [0.4, 0.5) is 9.52 Å². The number of halogens is 1. The number of benzene rings is 1. The molecule has 0 radical (unpaired) electrons. The Bertz CT molecular complexity index is 759. The molecule has 0 aliphatic heterocycles. The number of rotatable bonds is 5. The van der Waals surface area contributed by atoms with Gasteiger partial charge in [0.05, 0.1) is 4.90 Å². The SMILES string of the molecule is CNCc1cc(S(=O)(=O)Nc2nnc(C)s2)cc(C)c1F. The van der Waals surface area contributed by atoms with Gasteiger partial charge >= 0.3 is 0 Å². The van der Waals surface area contributed by atoms with Gasteiger partial charge in [0, 0.05) is 12.1 Å². The first-order valence-corrected chi connectivity index (χ1v) is 8.40. The van der Waals surface area contributed by atoms with Gasteiger partial charge in [0.1, 0.15) is 10.8 Å². The third-order valence-electron chi connectivity index (χ3n) is 2.73. The minimum atomic E-state index is -3.82. The van der Waals surface area contributed by atoms with Crippen molar-refractivity contribution < 1.29 is 12.8 Å². The number of hydrogen-bond acceptors (Lipinski definition) is 6. The molecule has 0 saturated heterocycles. The highest BCUT2D eigenvalue weighted by atomic mass is 32.2. The minimum Gasteiger partial charge on any atom is -0.316 e. The summed E-state index contributed by atoms with van der Waals surface area (Å²) in [4.78, 5) is -0.000460. The molecule has 114 valence electrons. The van der Waals surface area contributed by atoms with Gasteiger partial charge in [-0.15, -0.1) is 10.2 Å². The van der Waals surface area contributed by atoms with Crippen LogP contribution < -0.4 is 10.0 Å². The van der Waals surface area contributed by atoms with Crippen molar-refractivity contribution in [3.05, 3.63) is 34.1 Å². The normalized spacial score (nSPS) is 11.6. The van der Waals surface area contributed by atoms with Crippen LogP contribution in [0.2, 0.25) is 0 Å². The lowest BCUT2D eigenvalue weighted by Gasteiger charge is -2.10. The molecule has 0 saturated carbocycles. The fourth-order valence-corrected chi connectivity index (χ4v) is 3.75. The van der Waals surface area contributed by atoms with E-state index in [9.17, 15) is 12.8 Å². The van der Waals surface area contributed by atoms with Gasteiger partial charge in [-0.1, -0.05) is 11.3 Å². The molecule has 2 N–H and O–H groups in total. The van der Waals surface area contributed by atoms with E-state index in [1.165, 1.54) is 19.1 Å². The molecule has 1 aromatic carbocycles. The van der Waals surface area contributed by atoms with Crippen LogP contribution in [0.5, 0.6) is 0 Å². The molecule has 9 heteroatoms. The first kappa shape index (κ1) is 15.8. The van der Waals surface area contributed by atoms with Crippen molar-refractivity contribution in [1.29, 1.82) is 0 Å². The van der Waals surface area contributed by atoms with Crippen LogP contribution in [-0.2, 0) is 16.6 Å². The Balaban J connectivity index is 2.40. The summed E-state index contributed by atoms with van der Waals surface area (Å²) in [5.74, 6) is -0.407. The van der Waals surface area contributed by atoms with Crippen molar-refractivity contribution in [3.63, 3.8) is 0 Å². The van der Waals surface area contributed by atoms with Crippen LogP contribution in [0.25, 0.3) is 0 Å². The summed E-state index contributed by atoms with van der Waals surface area (Å²) in [6.45, 7) is 3.50. The number of aromatic nitrogens is 2. The van der Waals surface area contributed by atoms with E-state index >= 15 is 0 Å². The Labute approximate surface area is 126 Å². The van der Waals surface area contributed by atoms with E-state index in [2.05, 4.69) is 20.2 Å². The lowest BCUT2D eigenvalue weighted by molar-refractivity contribution is 0.585. The Hall–Kier alpha value is -1.58. The number of nitrogens with one attached hydrogen (secondary N) is 2. The van der Waals surface area contributed by atoms with Gasteiger partial charge in [-0.2, -0.15) is 0 Å². The van der Waals surface area contributed by atoms with Crippen LogP contribution >= 0.6 is 11.3 Å². The smallest absolute Gasteiger partial charge is 0.263 e. The molecule has 0 bridgehead atoms. The van der Waals surface area contributed by atoms with E-state index < -0.39 is 15.8 Å². The summed E-state index contributed by atoms with van der Waals surface area (Å²) in [6.07, 6.45) is 0. The van der Waals surface area contributed by atoms with E-state index in [0.717, 1.165) is 11.3 Å². The Morgan fingerprint density at radius 1 is 1.29 bits per heavy atom. The summed E-state index contributed by atoms with van der Waals surface area (Å²) < 4.78 is 40.9. The van der Waals surface area contributed by atoms with Crippen LogP contribution in [-0.4, -0.2) is 25.7 Å². The Morgan fingerprint density at radius 3 is 2.57 bits per heavy atom. The van der Waals surface area contributed by atoms with Crippen molar-refractivity contribution in [2.75, 3.05) is 11.8 Å². The Kier molecular flexibility index (Phi) is 4.55. The van der Waals surface area contributed by atoms with E-state index in [-0.39, 0.29) is 22.1 Å². The second-order valence-electron chi connectivity index (χ2n) is 4.48. The van der Waals surface area contributed by atoms with Gasteiger partial charge in [0.25, 0.3) is 10.0 Å². The molecular weight excluding hydrogens is 315 g/mol. The third-order valence-corrected chi connectivity index (χ3v) is 4.93. The number of aryl methyl sites for hydroxylation is 2. The van der Waals surface area contributed by atoms with E-state index in [0.29, 0.717) is 10.6 Å². The molecule has 0 unspecified atom stereocenters. The maximum absolute atomic E-state index is 13.9. The monoisotopic (exact) mass is 330 g/mol. The van der Waals surface area contributed by atoms with Gasteiger partial charge in [0.15, 0.2) is 0 Å². The largest absolute Gasteiger partial charge is 0.316 e. The second kappa shape index (κ2) is 6.04. The molecule has 0 aliphatic carbocycles. The zero-order valence-electron chi connectivity index (χ0n) is 11.8. The highest BCUT2D eigenvalue weighted by molar-refractivity contribution is 7.93. The van der Waals surface area contributed by atoms with Gasteiger partial charge in [0.2, 0.25) is 5.13 Å². The van der Waals surface area contributed by atoms with Crippen molar-refractivity contribution in [3.8, 4) is 0 Å². The minimum absolute atomic E-state index is 0.000460. The van der Waals surface area contributed by atoms with Gasteiger partial charge in [-0.25, -0.2) is 12.8 Å². The molecular formula is C12H15FN4O2S2. The van der Waals surface area contributed by atoms with Gasteiger partial charge < -0.3 is 5.32 Å². The molecule has 21 heavy (non-hydrogen) atoms. The lowest BCUT2D eigenvalue weighted by Crippen LogP contribution is -2.15. The molecule has 0 spiro atoms. The maximum atomic E-state index is 13.9. The maximum Gasteiger partial charge on any atom is 0.263 e. The summed E-state index contributed by atoms with van der Waals surface area (Å²) >= 11 is 1.13. The average molecular weight is 330 g/mol. The van der Waals surface area contributed by atoms with Crippen LogP contribution in [0, 0.1) is 19.7 Å². The molecule has 0 amide bonds. The van der Waals surface area contributed by atoms with E-state index in [1.54, 1.807) is 14.0 Å². The van der Waals surface area contributed by atoms with Gasteiger partial charge in [-0.05, 0) is 38.6 Å². The van der Waals surface area contributed by atoms with Crippen molar-refractivity contribution >= 4 is 26.5 Å². The fraction of sp³-hybridized carbons (Fsp3) is 0.333. The standard InChI is InChI=1S/C12H15FN4O2S2/c1-7-4-10(5-9(6-14-3)11(7)13)21(18,19)17-12-16-15-8(2)20-12/h4-5,14H,6H2,1-3H3,(H,16,17). The van der Waals surface area contributed by atoms with Crippen LogP contribution in [0.1, 0.15) is 16.1 Å². The molecule has 1 aromatic heterocycles. The summed E-state index contributed by atoms with van der Waals surface area (Å²) in [5.41, 5.74) is 0.572. The van der Waals surface area contributed by atoms with Crippen molar-refractivity contribution in [2.45, 2.75) is 25.3 Å². The third kappa shape index (κ3) is 3.55. The second-order valence-corrected chi connectivity index (χ2v) is 7.34.